The average molecular weight is 97.2 g/mol. The van der Waals surface area contributed by atoms with Gasteiger partial charge in [0.2, 0.25) is 0 Å². The van der Waals surface area contributed by atoms with Crippen LogP contribution < -0.4 is 0 Å². The summed E-state index contributed by atoms with van der Waals surface area (Å²) in [6.07, 6.45) is 0. The van der Waals surface area contributed by atoms with E-state index in [1.54, 1.807) is 0 Å². The van der Waals surface area contributed by atoms with E-state index in [-0.39, 0.29) is 0 Å². The van der Waals surface area contributed by atoms with Gasteiger partial charge in [0, 0.05) is 0 Å². The van der Waals surface area contributed by atoms with E-state index in [4.69, 9.17) is 5.41 Å². The lowest BCUT2D eigenvalue weighted by Crippen LogP contribution is -1.55. The second kappa shape index (κ2) is 8.95. The van der Waals surface area contributed by atoms with Crippen LogP contribution in [0.3, 0.4) is 0 Å². The molecular formula is C6H11N. The van der Waals surface area contributed by atoms with Crippen molar-refractivity contribution >= 4 is 5.87 Å². The highest BCUT2D eigenvalue weighted by atomic mass is 14.3. The van der Waals surface area contributed by atoms with Crippen LogP contribution in [-0.2, 0) is 0 Å². The first kappa shape index (κ1) is 9.50. The first-order valence-corrected chi connectivity index (χ1v) is 2.00. The molecule has 40 valence electrons. The smallest absolute Gasteiger partial charge is 0.0156 e. The third-order valence-electron chi connectivity index (χ3n) is 0.250. The Hall–Kier alpha value is -0.810. The van der Waals surface area contributed by atoms with Gasteiger partial charge in [-0.1, -0.05) is 0 Å². The fourth-order valence-electron chi connectivity index (χ4n) is 0. The second-order valence-electron chi connectivity index (χ2n) is 1.12. The zero-order valence-corrected chi connectivity index (χ0v) is 4.91. The van der Waals surface area contributed by atoms with Crippen molar-refractivity contribution in [2.24, 2.45) is 0 Å². The number of allylic oxidation sites excluding steroid dienone is 1. The van der Waals surface area contributed by atoms with E-state index in [0.717, 1.165) is 5.57 Å². The Morgan fingerprint density at radius 1 is 1.43 bits per heavy atom. The molecule has 0 rings (SSSR count). The molecule has 7 heavy (non-hydrogen) atoms. The van der Waals surface area contributed by atoms with Crippen molar-refractivity contribution in [3.8, 4) is 0 Å². The SMILES string of the molecule is C=C.CC(C)=C=N. The Bertz CT molecular complexity index is 74.2. The predicted octanol–water partition coefficient (Wildman–Crippen LogP) is 2.00. The van der Waals surface area contributed by atoms with Gasteiger partial charge in [0.1, 0.15) is 0 Å². The van der Waals surface area contributed by atoms with Gasteiger partial charge in [-0.3, -0.25) is 5.41 Å². The van der Waals surface area contributed by atoms with Crippen LogP contribution in [0, 0.1) is 5.41 Å². The number of rotatable bonds is 0. The number of nitrogens with one attached hydrogen (secondary N) is 1. The molecule has 0 aliphatic rings. The predicted molar refractivity (Wildman–Crippen MR) is 33.8 cm³/mol. The first-order chi connectivity index (χ1) is 3.27. The van der Waals surface area contributed by atoms with Crippen LogP contribution in [0.5, 0.6) is 0 Å². The highest BCUT2D eigenvalue weighted by Crippen LogP contribution is 1.72. The molecule has 1 heteroatoms. The van der Waals surface area contributed by atoms with Gasteiger partial charge in [-0.25, -0.2) is 0 Å². The van der Waals surface area contributed by atoms with Gasteiger partial charge in [0.05, 0.1) is 0 Å². The van der Waals surface area contributed by atoms with Crippen LogP contribution in [0.15, 0.2) is 18.7 Å². The van der Waals surface area contributed by atoms with Crippen molar-refractivity contribution < 1.29 is 0 Å². The van der Waals surface area contributed by atoms with Crippen LogP contribution in [0.2, 0.25) is 0 Å². The molecule has 0 atom stereocenters. The van der Waals surface area contributed by atoms with Gasteiger partial charge in [-0.15, -0.1) is 13.2 Å². The lowest BCUT2D eigenvalue weighted by molar-refractivity contribution is 1.42. The first-order valence-electron chi connectivity index (χ1n) is 2.00. The highest BCUT2D eigenvalue weighted by Gasteiger charge is 1.59. The van der Waals surface area contributed by atoms with Crippen molar-refractivity contribution in [1.82, 2.24) is 0 Å². The van der Waals surface area contributed by atoms with E-state index in [9.17, 15) is 0 Å². The van der Waals surface area contributed by atoms with Gasteiger partial charge in [0.25, 0.3) is 0 Å². The third-order valence-corrected chi connectivity index (χ3v) is 0.250. The molecule has 0 aromatic carbocycles. The molecule has 0 aliphatic carbocycles. The molecule has 0 amide bonds. The van der Waals surface area contributed by atoms with Crippen LogP contribution in [0.4, 0.5) is 0 Å². The van der Waals surface area contributed by atoms with Crippen LogP contribution in [-0.4, -0.2) is 5.87 Å². The molecule has 0 heterocycles. The molecule has 0 bridgehead atoms. The zero-order valence-electron chi connectivity index (χ0n) is 4.91. The molecular weight excluding hydrogens is 86.1 g/mol. The normalized spacial score (nSPS) is 4.86. The lowest BCUT2D eigenvalue weighted by Gasteiger charge is -1.65. The highest BCUT2D eigenvalue weighted by molar-refractivity contribution is 5.51. The van der Waals surface area contributed by atoms with Crippen LogP contribution in [0.1, 0.15) is 13.8 Å². The lowest BCUT2D eigenvalue weighted by atomic mass is 10.4. The van der Waals surface area contributed by atoms with Gasteiger partial charge >= 0.3 is 0 Å². The summed E-state index contributed by atoms with van der Waals surface area (Å²) in [5.74, 6) is 2.19. The average Bonchev–Trinajstić information content (AvgIpc) is 1.73. The monoisotopic (exact) mass is 97.1 g/mol. The zero-order chi connectivity index (χ0) is 6.28. The summed E-state index contributed by atoms with van der Waals surface area (Å²) in [4.78, 5) is 0. The Kier molecular flexibility index (Phi) is 12.1. The Labute approximate surface area is 44.9 Å². The molecule has 0 spiro atoms. The van der Waals surface area contributed by atoms with E-state index < -0.39 is 0 Å². The van der Waals surface area contributed by atoms with Gasteiger partial charge in [-0.05, 0) is 25.3 Å². The van der Waals surface area contributed by atoms with Crippen molar-refractivity contribution in [3.05, 3.63) is 18.7 Å². The van der Waals surface area contributed by atoms with Crippen molar-refractivity contribution in [3.63, 3.8) is 0 Å². The van der Waals surface area contributed by atoms with Crippen LogP contribution >= 0.6 is 0 Å². The number of hydrogen-bond donors (Lipinski definition) is 1. The molecule has 0 aliphatic heterocycles. The summed E-state index contributed by atoms with van der Waals surface area (Å²) in [6, 6.07) is 0. The summed E-state index contributed by atoms with van der Waals surface area (Å²) in [5, 5.41) is 6.37. The van der Waals surface area contributed by atoms with Crippen molar-refractivity contribution in [1.29, 1.82) is 5.41 Å². The molecule has 0 aromatic heterocycles. The largest absolute Gasteiger partial charge is 0.259 e. The van der Waals surface area contributed by atoms with Gasteiger partial charge in [0.15, 0.2) is 0 Å². The molecule has 1 nitrogen and oxygen atoms in total. The molecule has 0 aromatic rings. The van der Waals surface area contributed by atoms with E-state index in [2.05, 4.69) is 19.0 Å². The minimum absolute atomic E-state index is 0.921. The maximum absolute atomic E-state index is 6.37. The van der Waals surface area contributed by atoms with E-state index in [0.29, 0.717) is 0 Å². The molecule has 1 N–H and O–H groups in total. The minimum Gasteiger partial charge on any atom is -0.259 e. The summed E-state index contributed by atoms with van der Waals surface area (Å²) < 4.78 is 0. The molecule has 0 radical (unpaired) electrons. The fourth-order valence-corrected chi connectivity index (χ4v) is 0. The molecule has 0 saturated carbocycles. The standard InChI is InChI=1S/C4H7N.C2H4/c1-4(2)3-5;1-2/h5H,1-2H3;1-2H2. The Balaban J connectivity index is 0. The quantitative estimate of drug-likeness (QED) is 0.353. The summed E-state index contributed by atoms with van der Waals surface area (Å²) in [5.41, 5.74) is 0.921. The van der Waals surface area contributed by atoms with E-state index in [1.165, 1.54) is 0 Å². The van der Waals surface area contributed by atoms with Gasteiger partial charge < -0.3 is 0 Å². The van der Waals surface area contributed by atoms with Crippen LogP contribution in [0.25, 0.3) is 0 Å². The topological polar surface area (TPSA) is 23.9 Å². The molecule has 0 saturated heterocycles. The van der Waals surface area contributed by atoms with E-state index >= 15 is 0 Å². The van der Waals surface area contributed by atoms with E-state index in [1.807, 2.05) is 13.8 Å². The maximum Gasteiger partial charge on any atom is -0.0156 e. The Morgan fingerprint density at radius 2 is 1.57 bits per heavy atom. The molecule has 0 unspecified atom stereocenters. The summed E-state index contributed by atoms with van der Waals surface area (Å²) >= 11 is 0. The third kappa shape index (κ3) is 37.3. The second-order valence-corrected chi connectivity index (χ2v) is 1.12. The number of hydrogen-bond acceptors (Lipinski definition) is 1. The van der Waals surface area contributed by atoms with Crippen molar-refractivity contribution in [2.75, 3.05) is 0 Å². The molecule has 0 fully saturated rings. The minimum atomic E-state index is 0.921. The summed E-state index contributed by atoms with van der Waals surface area (Å²) in [7, 11) is 0. The Morgan fingerprint density at radius 3 is 1.57 bits per heavy atom. The van der Waals surface area contributed by atoms with Gasteiger partial charge in [-0.2, -0.15) is 0 Å². The summed E-state index contributed by atoms with van der Waals surface area (Å²) in [6.45, 7) is 9.68. The van der Waals surface area contributed by atoms with Crippen molar-refractivity contribution in [2.45, 2.75) is 13.8 Å². The maximum atomic E-state index is 6.37. The fraction of sp³-hybridized carbons (Fsp3) is 0.333.